The van der Waals surface area contributed by atoms with Gasteiger partial charge in [-0.25, -0.2) is 4.79 Å². The van der Waals surface area contributed by atoms with Crippen LogP contribution >= 0.6 is 0 Å². The maximum absolute atomic E-state index is 12.7. The fourth-order valence-electron chi connectivity index (χ4n) is 2.46. The molecule has 7 nitrogen and oxygen atoms in total. The van der Waals surface area contributed by atoms with E-state index in [4.69, 9.17) is 4.74 Å². The van der Waals surface area contributed by atoms with Gasteiger partial charge in [0.25, 0.3) is 11.8 Å². The molecule has 0 aliphatic heterocycles. The normalized spacial score (nSPS) is 10.2. The van der Waals surface area contributed by atoms with Crippen LogP contribution in [0.1, 0.15) is 31.8 Å². The lowest BCUT2D eigenvalue weighted by Crippen LogP contribution is -2.28. The number of likely N-dealkylation sites (N-methyl/N-ethyl adjacent to an activating group) is 1. The van der Waals surface area contributed by atoms with Gasteiger partial charge in [-0.2, -0.15) is 0 Å². The van der Waals surface area contributed by atoms with E-state index in [2.05, 4.69) is 5.32 Å². The molecule has 2 rings (SSSR count). The molecule has 0 spiro atoms. The van der Waals surface area contributed by atoms with Crippen molar-refractivity contribution in [3.8, 4) is 5.75 Å². The van der Waals surface area contributed by atoms with Crippen LogP contribution in [0.4, 0.5) is 5.69 Å². The number of benzene rings is 2. The molecule has 27 heavy (non-hydrogen) atoms. The third kappa shape index (κ3) is 4.84. The lowest BCUT2D eigenvalue weighted by molar-refractivity contribution is -0.130. The molecule has 2 aromatic rings. The number of hydrogen-bond donors (Lipinski definition) is 2. The first kappa shape index (κ1) is 20.0. The Labute approximate surface area is 157 Å². The summed E-state index contributed by atoms with van der Waals surface area (Å²) in [7, 11) is 3.23. The van der Waals surface area contributed by atoms with Crippen LogP contribution in [0.15, 0.2) is 36.4 Å². The number of aryl methyl sites for hydroxylation is 2. The summed E-state index contributed by atoms with van der Waals surface area (Å²) >= 11 is 0. The number of para-hydroxylation sites is 1. The highest BCUT2D eigenvalue weighted by molar-refractivity contribution is 6.07. The number of carboxylic acids is 1. The van der Waals surface area contributed by atoms with Crippen LogP contribution in [0, 0.1) is 13.8 Å². The number of rotatable bonds is 6. The van der Waals surface area contributed by atoms with Gasteiger partial charge in [-0.05, 0) is 43.2 Å². The van der Waals surface area contributed by atoms with Gasteiger partial charge in [-0.3, -0.25) is 9.59 Å². The van der Waals surface area contributed by atoms with Crippen LogP contribution in [-0.4, -0.2) is 48.5 Å². The van der Waals surface area contributed by atoms with Gasteiger partial charge in [-0.15, -0.1) is 0 Å². The largest absolute Gasteiger partial charge is 0.483 e. The first-order valence-electron chi connectivity index (χ1n) is 8.28. The van der Waals surface area contributed by atoms with E-state index in [0.717, 1.165) is 5.56 Å². The molecule has 0 radical (unpaired) electrons. The van der Waals surface area contributed by atoms with Crippen LogP contribution in [0.2, 0.25) is 0 Å². The second-order valence-corrected chi connectivity index (χ2v) is 6.31. The number of carbonyl (C=O) groups excluding carboxylic acids is 2. The number of nitrogens with one attached hydrogen (secondary N) is 1. The SMILES string of the molecule is Cc1cc(C)c(C(=O)O)cc1NC(=O)c1ccccc1OCC(=O)N(C)C. The Kier molecular flexibility index (Phi) is 6.18. The van der Waals surface area contributed by atoms with E-state index in [1.807, 2.05) is 0 Å². The van der Waals surface area contributed by atoms with Crippen molar-refractivity contribution in [3.63, 3.8) is 0 Å². The molecule has 0 saturated carbocycles. The summed E-state index contributed by atoms with van der Waals surface area (Å²) in [5.41, 5.74) is 2.14. The minimum atomic E-state index is -1.06. The summed E-state index contributed by atoms with van der Waals surface area (Å²) in [5.74, 6) is -1.47. The number of anilines is 1. The van der Waals surface area contributed by atoms with E-state index in [0.29, 0.717) is 11.3 Å². The van der Waals surface area contributed by atoms with Gasteiger partial charge in [0.15, 0.2) is 6.61 Å². The van der Waals surface area contributed by atoms with Crippen molar-refractivity contribution in [1.29, 1.82) is 0 Å². The van der Waals surface area contributed by atoms with E-state index >= 15 is 0 Å². The van der Waals surface area contributed by atoms with E-state index in [1.165, 1.54) is 11.0 Å². The molecule has 0 atom stereocenters. The zero-order valence-electron chi connectivity index (χ0n) is 15.7. The zero-order valence-corrected chi connectivity index (χ0v) is 15.7. The van der Waals surface area contributed by atoms with Gasteiger partial charge in [0.2, 0.25) is 0 Å². The number of ether oxygens (including phenoxy) is 1. The number of carboxylic acid groups (broad SMARTS) is 1. The summed E-state index contributed by atoms with van der Waals surface area (Å²) in [6.45, 7) is 3.30. The van der Waals surface area contributed by atoms with Crippen LogP contribution < -0.4 is 10.1 Å². The lowest BCUT2D eigenvalue weighted by atomic mass is 10.0. The average molecular weight is 370 g/mol. The van der Waals surface area contributed by atoms with Crippen molar-refractivity contribution < 1.29 is 24.2 Å². The van der Waals surface area contributed by atoms with Gasteiger partial charge < -0.3 is 20.1 Å². The quantitative estimate of drug-likeness (QED) is 0.815. The summed E-state index contributed by atoms with van der Waals surface area (Å²) in [5, 5.41) is 12.0. The summed E-state index contributed by atoms with van der Waals surface area (Å²) in [6.07, 6.45) is 0. The van der Waals surface area contributed by atoms with Crippen LogP contribution in [0.3, 0.4) is 0 Å². The van der Waals surface area contributed by atoms with Crippen LogP contribution in [0.5, 0.6) is 5.75 Å². The number of hydrogen-bond acceptors (Lipinski definition) is 4. The van der Waals surface area contributed by atoms with Gasteiger partial charge in [-0.1, -0.05) is 18.2 Å². The molecule has 0 aliphatic rings. The molecular weight excluding hydrogens is 348 g/mol. The van der Waals surface area contributed by atoms with Gasteiger partial charge in [0.1, 0.15) is 5.75 Å². The third-order valence-corrected chi connectivity index (χ3v) is 4.03. The number of amides is 2. The zero-order chi connectivity index (χ0) is 20.1. The molecule has 2 amide bonds. The van der Waals surface area contributed by atoms with E-state index in [9.17, 15) is 19.5 Å². The molecule has 142 valence electrons. The van der Waals surface area contributed by atoms with E-state index in [-0.39, 0.29) is 29.4 Å². The van der Waals surface area contributed by atoms with Crippen LogP contribution in [0.25, 0.3) is 0 Å². The summed E-state index contributed by atoms with van der Waals surface area (Å²) in [4.78, 5) is 37.1. The van der Waals surface area contributed by atoms with E-state index in [1.54, 1.807) is 58.3 Å². The van der Waals surface area contributed by atoms with Crippen molar-refractivity contribution >= 4 is 23.5 Å². The molecule has 0 fully saturated rings. The first-order chi connectivity index (χ1) is 12.7. The highest BCUT2D eigenvalue weighted by atomic mass is 16.5. The lowest BCUT2D eigenvalue weighted by Gasteiger charge is -2.15. The Morgan fingerprint density at radius 1 is 1.04 bits per heavy atom. The molecule has 0 aromatic heterocycles. The fraction of sp³-hybridized carbons (Fsp3) is 0.250. The molecule has 0 heterocycles. The monoisotopic (exact) mass is 370 g/mol. The van der Waals surface area contributed by atoms with Crippen molar-refractivity contribution in [1.82, 2.24) is 4.90 Å². The van der Waals surface area contributed by atoms with Crippen molar-refractivity contribution in [2.24, 2.45) is 0 Å². The van der Waals surface area contributed by atoms with Crippen molar-refractivity contribution in [2.75, 3.05) is 26.0 Å². The first-order valence-corrected chi connectivity index (χ1v) is 8.28. The minimum absolute atomic E-state index is 0.122. The Morgan fingerprint density at radius 3 is 2.33 bits per heavy atom. The van der Waals surface area contributed by atoms with E-state index < -0.39 is 11.9 Å². The van der Waals surface area contributed by atoms with Gasteiger partial charge in [0.05, 0.1) is 11.1 Å². The smallest absolute Gasteiger partial charge is 0.336 e. The standard InChI is InChI=1S/C20H22N2O5/c1-12-9-13(2)16(10-15(12)20(25)26)21-19(24)14-7-5-6-8-17(14)27-11-18(23)22(3)4/h5-10H,11H2,1-4H3,(H,21,24)(H,25,26). The molecule has 7 heteroatoms. The summed E-state index contributed by atoms with van der Waals surface area (Å²) < 4.78 is 5.48. The Morgan fingerprint density at radius 2 is 1.70 bits per heavy atom. The predicted molar refractivity (Wildman–Crippen MR) is 101 cm³/mol. The Balaban J connectivity index is 2.25. The highest BCUT2D eigenvalue weighted by Gasteiger charge is 2.17. The van der Waals surface area contributed by atoms with Gasteiger partial charge >= 0.3 is 5.97 Å². The van der Waals surface area contributed by atoms with Gasteiger partial charge in [0, 0.05) is 19.8 Å². The molecule has 0 aliphatic carbocycles. The summed E-state index contributed by atoms with van der Waals surface area (Å²) in [6, 6.07) is 9.70. The predicted octanol–water partition coefficient (Wildman–Crippen LogP) is 2.72. The van der Waals surface area contributed by atoms with Crippen LogP contribution in [-0.2, 0) is 4.79 Å². The average Bonchev–Trinajstić information content (AvgIpc) is 2.61. The molecule has 0 unspecified atom stereocenters. The minimum Gasteiger partial charge on any atom is -0.483 e. The number of nitrogens with zero attached hydrogens (tertiary/aromatic N) is 1. The third-order valence-electron chi connectivity index (χ3n) is 4.03. The number of carbonyl (C=O) groups is 3. The maximum Gasteiger partial charge on any atom is 0.336 e. The molecule has 0 bridgehead atoms. The highest BCUT2D eigenvalue weighted by Crippen LogP contribution is 2.24. The molecule has 0 saturated heterocycles. The Hall–Kier alpha value is -3.35. The second kappa shape index (κ2) is 8.35. The number of aromatic carboxylic acids is 1. The van der Waals surface area contributed by atoms with Crippen molar-refractivity contribution in [3.05, 3.63) is 58.7 Å². The molecular formula is C20H22N2O5. The van der Waals surface area contributed by atoms with Crippen molar-refractivity contribution in [2.45, 2.75) is 13.8 Å². The topological polar surface area (TPSA) is 95.9 Å². The molecule has 2 N–H and O–H groups in total. The fourth-order valence-corrected chi connectivity index (χ4v) is 2.46. The second-order valence-electron chi connectivity index (χ2n) is 6.31. The molecule has 2 aromatic carbocycles. The maximum atomic E-state index is 12.7. The Bertz CT molecular complexity index is 890.